The molecule has 1 aromatic heterocycles. The van der Waals surface area contributed by atoms with E-state index in [0.29, 0.717) is 11.5 Å². The molecule has 0 bridgehead atoms. The fourth-order valence-electron chi connectivity index (χ4n) is 1.88. The molecule has 1 heterocycles. The van der Waals surface area contributed by atoms with Crippen molar-refractivity contribution in [3.8, 4) is 0 Å². The largest absolute Gasteiger partial charge is 0.309 e. The van der Waals surface area contributed by atoms with Gasteiger partial charge < -0.3 is 5.32 Å². The highest BCUT2D eigenvalue weighted by Crippen LogP contribution is 2.22. The topological polar surface area (TPSA) is 24.9 Å². The zero-order valence-corrected chi connectivity index (χ0v) is 11.9. The highest BCUT2D eigenvalue weighted by Gasteiger charge is 2.22. The third kappa shape index (κ3) is 3.87. The summed E-state index contributed by atoms with van der Waals surface area (Å²) in [6.07, 6.45) is 4.22. The smallest absolute Gasteiger partial charge is 0.0925 e. The number of aryl methyl sites for hydroxylation is 1. The van der Waals surface area contributed by atoms with Crippen molar-refractivity contribution in [2.75, 3.05) is 0 Å². The van der Waals surface area contributed by atoms with Gasteiger partial charge in [-0.15, -0.1) is 11.3 Å². The van der Waals surface area contributed by atoms with E-state index < -0.39 is 0 Å². The summed E-state index contributed by atoms with van der Waals surface area (Å²) in [7, 11) is 0. The van der Waals surface area contributed by atoms with Gasteiger partial charge in [-0.2, -0.15) is 0 Å². The first-order chi connectivity index (χ1) is 7.47. The lowest BCUT2D eigenvalue weighted by Gasteiger charge is -2.30. The van der Waals surface area contributed by atoms with Gasteiger partial charge in [0.1, 0.15) is 0 Å². The van der Waals surface area contributed by atoms with Crippen LogP contribution in [0.1, 0.15) is 50.9 Å². The average Bonchev–Trinajstić information content (AvgIpc) is 2.64. The summed E-state index contributed by atoms with van der Waals surface area (Å²) in [5, 5.41) is 4.87. The van der Waals surface area contributed by atoms with E-state index in [1.54, 1.807) is 0 Å². The van der Waals surface area contributed by atoms with E-state index >= 15 is 0 Å². The third-order valence-corrected chi connectivity index (χ3v) is 4.02. The molecule has 3 heteroatoms. The second-order valence-electron chi connectivity index (χ2n) is 5.28. The predicted molar refractivity (Wildman–Crippen MR) is 71.9 cm³/mol. The number of nitrogens with zero attached hydrogens (tertiary/aromatic N) is 1. The van der Waals surface area contributed by atoms with Crippen molar-refractivity contribution in [1.82, 2.24) is 10.3 Å². The molecule has 0 saturated carbocycles. The van der Waals surface area contributed by atoms with Gasteiger partial charge in [0.15, 0.2) is 0 Å². The molecule has 1 rings (SSSR count). The van der Waals surface area contributed by atoms with E-state index in [0.717, 1.165) is 13.0 Å². The number of hydrogen-bond donors (Lipinski definition) is 1. The Kier molecular flexibility index (Phi) is 4.93. The normalized spacial score (nSPS) is 14.1. The van der Waals surface area contributed by atoms with Gasteiger partial charge in [-0.05, 0) is 18.3 Å². The third-order valence-electron chi connectivity index (χ3n) is 2.88. The van der Waals surface area contributed by atoms with E-state index in [4.69, 9.17) is 0 Å². The molecule has 0 amide bonds. The average molecular weight is 240 g/mol. The minimum absolute atomic E-state index is 0.326. The Balaban J connectivity index is 2.49. The molecule has 0 aliphatic heterocycles. The Morgan fingerprint density at radius 3 is 2.50 bits per heavy atom. The zero-order chi connectivity index (χ0) is 12.2. The molecular formula is C13H24N2S. The zero-order valence-electron chi connectivity index (χ0n) is 11.1. The molecular weight excluding hydrogens is 216 g/mol. The maximum absolute atomic E-state index is 4.38. The monoisotopic (exact) mass is 240 g/mol. The number of nitrogens with one attached hydrogen (secondary N) is 1. The molecule has 1 aromatic rings. The standard InChI is InChI=1S/C13H24N2S/c1-6-11(13(3,4)5)14-8-10-9-15-12(7-2)16-10/h9,11,14H,6-8H2,1-5H3. The van der Waals surface area contributed by atoms with Crippen LogP contribution in [0.5, 0.6) is 0 Å². The van der Waals surface area contributed by atoms with Gasteiger partial charge >= 0.3 is 0 Å². The summed E-state index contributed by atoms with van der Waals surface area (Å²) < 4.78 is 0. The summed E-state index contributed by atoms with van der Waals surface area (Å²) in [6.45, 7) is 12.2. The van der Waals surface area contributed by atoms with E-state index in [9.17, 15) is 0 Å². The maximum Gasteiger partial charge on any atom is 0.0925 e. The molecule has 0 saturated heterocycles. The number of thiazole rings is 1. The number of aromatic nitrogens is 1. The molecule has 0 aliphatic rings. The molecule has 1 unspecified atom stereocenters. The second-order valence-corrected chi connectivity index (χ2v) is 6.48. The molecule has 2 nitrogen and oxygen atoms in total. The predicted octanol–water partition coefficient (Wildman–Crippen LogP) is 3.62. The van der Waals surface area contributed by atoms with Crippen molar-refractivity contribution < 1.29 is 0 Å². The second kappa shape index (κ2) is 5.78. The van der Waals surface area contributed by atoms with Crippen molar-refractivity contribution in [2.24, 2.45) is 5.41 Å². The first-order valence-corrected chi connectivity index (χ1v) is 6.96. The van der Waals surface area contributed by atoms with Crippen molar-refractivity contribution in [2.45, 2.75) is 60.0 Å². The van der Waals surface area contributed by atoms with Crippen LogP contribution in [0, 0.1) is 5.41 Å². The van der Waals surface area contributed by atoms with Gasteiger partial charge in [-0.25, -0.2) is 4.98 Å². The van der Waals surface area contributed by atoms with Crippen LogP contribution < -0.4 is 5.32 Å². The first kappa shape index (κ1) is 13.7. The fourth-order valence-corrected chi connectivity index (χ4v) is 2.69. The quantitative estimate of drug-likeness (QED) is 0.850. The van der Waals surface area contributed by atoms with E-state index in [1.165, 1.54) is 16.3 Å². The Morgan fingerprint density at radius 2 is 2.06 bits per heavy atom. The lowest BCUT2D eigenvalue weighted by molar-refractivity contribution is 0.260. The highest BCUT2D eigenvalue weighted by molar-refractivity contribution is 7.11. The Labute approximate surface area is 103 Å². The van der Waals surface area contributed by atoms with Crippen LogP contribution in [0.2, 0.25) is 0 Å². The van der Waals surface area contributed by atoms with Gasteiger partial charge in [0.2, 0.25) is 0 Å². The highest BCUT2D eigenvalue weighted by atomic mass is 32.1. The van der Waals surface area contributed by atoms with E-state index in [-0.39, 0.29) is 0 Å². The van der Waals surface area contributed by atoms with Crippen molar-refractivity contribution in [3.05, 3.63) is 16.1 Å². The summed E-state index contributed by atoms with van der Waals surface area (Å²) in [5.74, 6) is 0. The molecule has 0 aliphatic carbocycles. The minimum atomic E-state index is 0.326. The van der Waals surface area contributed by atoms with E-state index in [1.807, 2.05) is 17.5 Å². The maximum atomic E-state index is 4.38. The summed E-state index contributed by atoms with van der Waals surface area (Å²) >= 11 is 1.82. The van der Waals surface area contributed by atoms with Gasteiger partial charge in [-0.1, -0.05) is 34.6 Å². The lowest BCUT2D eigenvalue weighted by Crippen LogP contribution is -2.39. The van der Waals surface area contributed by atoms with Crippen molar-refractivity contribution in [1.29, 1.82) is 0 Å². The fraction of sp³-hybridized carbons (Fsp3) is 0.769. The molecule has 0 spiro atoms. The Bertz CT molecular complexity index is 312. The Hall–Kier alpha value is -0.410. The molecule has 0 fully saturated rings. The number of rotatable bonds is 5. The minimum Gasteiger partial charge on any atom is -0.309 e. The van der Waals surface area contributed by atoms with E-state index in [2.05, 4.69) is 44.9 Å². The molecule has 0 radical (unpaired) electrons. The van der Waals surface area contributed by atoms with Crippen LogP contribution in [0.15, 0.2) is 6.20 Å². The Morgan fingerprint density at radius 1 is 1.38 bits per heavy atom. The van der Waals surface area contributed by atoms with Gasteiger partial charge in [0.05, 0.1) is 5.01 Å². The van der Waals surface area contributed by atoms with Crippen molar-refractivity contribution in [3.63, 3.8) is 0 Å². The summed E-state index contributed by atoms with van der Waals surface area (Å²) in [5.41, 5.74) is 0.326. The van der Waals surface area contributed by atoms with Crippen LogP contribution in [-0.4, -0.2) is 11.0 Å². The molecule has 16 heavy (non-hydrogen) atoms. The summed E-state index contributed by atoms with van der Waals surface area (Å²) in [4.78, 5) is 5.73. The van der Waals surface area contributed by atoms with Gasteiger partial charge in [-0.3, -0.25) is 0 Å². The molecule has 0 aromatic carbocycles. The lowest BCUT2D eigenvalue weighted by atomic mass is 9.85. The van der Waals surface area contributed by atoms with Crippen LogP contribution in [0.4, 0.5) is 0 Å². The molecule has 1 N–H and O–H groups in total. The van der Waals surface area contributed by atoms with Crippen molar-refractivity contribution >= 4 is 11.3 Å². The molecule has 1 atom stereocenters. The number of hydrogen-bond acceptors (Lipinski definition) is 3. The van der Waals surface area contributed by atoms with Gasteiger partial charge in [0, 0.05) is 23.7 Å². The van der Waals surface area contributed by atoms with Gasteiger partial charge in [0.25, 0.3) is 0 Å². The first-order valence-electron chi connectivity index (χ1n) is 6.14. The van der Waals surface area contributed by atoms with Crippen LogP contribution in [0.3, 0.4) is 0 Å². The molecule has 92 valence electrons. The van der Waals surface area contributed by atoms with Crippen LogP contribution in [0.25, 0.3) is 0 Å². The summed E-state index contributed by atoms with van der Waals surface area (Å²) in [6, 6.07) is 0.569. The SMILES string of the molecule is CCc1ncc(CNC(CC)C(C)(C)C)s1. The van der Waals surface area contributed by atoms with Crippen LogP contribution >= 0.6 is 11.3 Å². The van der Waals surface area contributed by atoms with Crippen LogP contribution in [-0.2, 0) is 13.0 Å².